The first-order chi connectivity index (χ1) is 14.2. The Balaban J connectivity index is 1.81. The average Bonchev–Trinajstić information content (AvgIpc) is 2.92. The van der Waals surface area contributed by atoms with Crippen LogP contribution < -0.4 is 13.8 Å². The molecule has 0 bridgehead atoms. The molecule has 1 atom stereocenters. The van der Waals surface area contributed by atoms with Gasteiger partial charge in [0.15, 0.2) is 0 Å². The lowest BCUT2D eigenvalue weighted by atomic mass is 10.1. The van der Waals surface area contributed by atoms with Crippen molar-refractivity contribution in [3.05, 3.63) is 54.1 Å². The molecule has 1 aliphatic heterocycles. The van der Waals surface area contributed by atoms with E-state index >= 15 is 0 Å². The van der Waals surface area contributed by atoms with Crippen molar-refractivity contribution in [3.8, 4) is 5.75 Å². The zero-order chi connectivity index (χ0) is 21.9. The lowest BCUT2D eigenvalue weighted by molar-refractivity contribution is -0.119. The number of carbonyl (C=O) groups is 1. The van der Waals surface area contributed by atoms with Gasteiger partial charge in [0.2, 0.25) is 26.0 Å². The van der Waals surface area contributed by atoms with Gasteiger partial charge >= 0.3 is 0 Å². The van der Waals surface area contributed by atoms with Gasteiger partial charge in [-0.3, -0.25) is 4.79 Å². The number of rotatable bonds is 8. The number of carbonyl (C=O) groups excluding carboxylic acids is 1. The summed E-state index contributed by atoms with van der Waals surface area (Å²) in [6.45, 7) is 1.72. The van der Waals surface area contributed by atoms with Crippen molar-refractivity contribution in [2.24, 2.45) is 5.92 Å². The second-order valence-corrected chi connectivity index (χ2v) is 10.7. The molecule has 1 amide bonds. The van der Waals surface area contributed by atoms with Crippen LogP contribution in [0, 0.1) is 5.92 Å². The Hall–Kier alpha value is -2.43. The van der Waals surface area contributed by atoms with Crippen LogP contribution in [0.3, 0.4) is 0 Å². The predicted octanol–water partition coefficient (Wildman–Crippen LogP) is 1.92. The second-order valence-electron chi connectivity index (χ2n) is 7.10. The summed E-state index contributed by atoms with van der Waals surface area (Å²) in [5.41, 5.74) is 1.08. The molecule has 162 valence electrons. The quantitative estimate of drug-likeness (QED) is 0.613. The molecular weight excluding hydrogens is 428 g/mol. The van der Waals surface area contributed by atoms with Gasteiger partial charge in [0.25, 0.3) is 0 Å². The van der Waals surface area contributed by atoms with Crippen LogP contribution in [0.2, 0.25) is 0 Å². The van der Waals surface area contributed by atoms with Crippen molar-refractivity contribution in [3.63, 3.8) is 0 Å². The Kier molecular flexibility index (Phi) is 6.49. The maximum Gasteiger partial charge on any atom is 0.244 e. The van der Waals surface area contributed by atoms with Crippen molar-refractivity contribution in [2.45, 2.75) is 24.7 Å². The van der Waals surface area contributed by atoms with Gasteiger partial charge in [-0.25, -0.2) is 25.9 Å². The fourth-order valence-corrected chi connectivity index (χ4v) is 6.38. The van der Waals surface area contributed by atoms with E-state index in [4.69, 9.17) is 4.74 Å². The van der Waals surface area contributed by atoms with Crippen molar-refractivity contribution < 1.29 is 26.4 Å². The fraction of sp³-hybridized carbons (Fsp3) is 0.350. The lowest BCUT2D eigenvalue weighted by Crippen LogP contribution is -2.31. The zero-order valence-electron chi connectivity index (χ0n) is 16.7. The Labute approximate surface area is 177 Å². The monoisotopic (exact) mass is 452 g/mol. The van der Waals surface area contributed by atoms with E-state index in [0.717, 1.165) is 11.6 Å². The topological polar surface area (TPSA) is 110 Å². The van der Waals surface area contributed by atoms with Gasteiger partial charge in [0, 0.05) is 6.54 Å². The molecule has 0 saturated carbocycles. The van der Waals surface area contributed by atoms with Crippen LogP contribution in [0.5, 0.6) is 5.75 Å². The number of hydrogen-bond acceptors (Lipinski definition) is 6. The van der Waals surface area contributed by atoms with E-state index in [2.05, 4.69) is 4.72 Å². The Bertz CT molecular complexity index is 1130. The first-order valence-electron chi connectivity index (χ1n) is 9.44. The third kappa shape index (κ3) is 4.66. The molecule has 2 aromatic carbocycles. The third-order valence-corrected chi connectivity index (χ3v) is 8.16. The smallest absolute Gasteiger partial charge is 0.244 e. The highest BCUT2D eigenvalue weighted by Crippen LogP contribution is 2.33. The van der Waals surface area contributed by atoms with E-state index in [9.17, 15) is 21.6 Å². The van der Waals surface area contributed by atoms with Crippen molar-refractivity contribution in [1.29, 1.82) is 0 Å². The normalized spacial score (nSPS) is 18.5. The minimum absolute atomic E-state index is 0.0187. The van der Waals surface area contributed by atoms with Gasteiger partial charge in [0.1, 0.15) is 10.6 Å². The maximum atomic E-state index is 12.9. The number of nitrogens with one attached hydrogen (secondary N) is 1. The number of aryl methyl sites for hydroxylation is 1. The summed E-state index contributed by atoms with van der Waals surface area (Å²) in [4.78, 5) is 12.1. The van der Waals surface area contributed by atoms with Gasteiger partial charge in [-0.2, -0.15) is 0 Å². The molecule has 1 saturated heterocycles. The van der Waals surface area contributed by atoms with Crippen molar-refractivity contribution in [1.82, 2.24) is 4.72 Å². The van der Waals surface area contributed by atoms with E-state index in [1.54, 1.807) is 0 Å². The second kappa shape index (κ2) is 8.75. The number of benzene rings is 2. The molecule has 3 rings (SSSR count). The molecule has 0 aromatic heterocycles. The van der Waals surface area contributed by atoms with E-state index in [1.165, 1.54) is 26.2 Å². The summed E-state index contributed by atoms with van der Waals surface area (Å²) in [7, 11) is -6.51. The van der Waals surface area contributed by atoms with Gasteiger partial charge in [-0.1, -0.05) is 37.3 Å². The van der Waals surface area contributed by atoms with Gasteiger partial charge < -0.3 is 4.74 Å². The van der Waals surface area contributed by atoms with Gasteiger partial charge in [0.05, 0.1) is 24.5 Å². The Morgan fingerprint density at radius 3 is 2.47 bits per heavy atom. The van der Waals surface area contributed by atoms with Gasteiger partial charge in [-0.05, 0) is 36.6 Å². The maximum absolute atomic E-state index is 12.9. The first-order valence-corrected chi connectivity index (χ1v) is 12.5. The van der Waals surface area contributed by atoms with Crippen LogP contribution in [0.4, 0.5) is 5.69 Å². The standard InChI is InChI=1S/C20H24N2O6S2/c1-15-14-29(24,25)22(20(15)23)17-10-11-18(28-2)19(13-17)30(26,27)21-12-6-9-16-7-4-3-5-8-16/h3-5,7-8,10-11,13,15,21H,6,9,12,14H2,1-2H3/t15-/m0/s1. The first kappa shape index (κ1) is 22.3. The number of hydrogen-bond donors (Lipinski definition) is 1. The number of ether oxygens (including phenoxy) is 1. The Morgan fingerprint density at radius 1 is 1.17 bits per heavy atom. The molecule has 8 nitrogen and oxygen atoms in total. The highest BCUT2D eigenvalue weighted by atomic mass is 32.2. The Morgan fingerprint density at radius 2 is 1.87 bits per heavy atom. The van der Waals surface area contributed by atoms with Crippen LogP contribution in [0.25, 0.3) is 0 Å². The summed E-state index contributed by atoms with van der Waals surface area (Å²) in [5.74, 6) is -1.52. The predicted molar refractivity (Wildman–Crippen MR) is 113 cm³/mol. The van der Waals surface area contributed by atoms with Crippen LogP contribution in [-0.4, -0.2) is 42.2 Å². The molecule has 1 fully saturated rings. The number of anilines is 1. The fourth-order valence-electron chi connectivity index (χ4n) is 3.31. The van der Waals surface area contributed by atoms with Gasteiger partial charge in [-0.15, -0.1) is 0 Å². The summed E-state index contributed by atoms with van der Waals surface area (Å²) in [6, 6.07) is 13.6. The number of amides is 1. The number of methoxy groups -OCH3 is 1. The molecule has 1 N–H and O–H groups in total. The third-order valence-electron chi connectivity index (χ3n) is 4.81. The minimum atomic E-state index is -3.99. The molecule has 1 heterocycles. The van der Waals surface area contributed by atoms with Crippen LogP contribution >= 0.6 is 0 Å². The summed E-state index contributed by atoms with van der Waals surface area (Å²) in [6.07, 6.45) is 1.29. The van der Waals surface area contributed by atoms with Crippen molar-refractivity contribution >= 4 is 31.6 Å². The highest BCUT2D eigenvalue weighted by molar-refractivity contribution is 7.94. The molecular formula is C20H24N2O6S2. The number of sulfonamides is 2. The van der Waals surface area contributed by atoms with E-state index in [-0.39, 0.29) is 28.6 Å². The molecule has 0 radical (unpaired) electrons. The highest BCUT2D eigenvalue weighted by Gasteiger charge is 2.42. The van der Waals surface area contributed by atoms with Crippen molar-refractivity contribution in [2.75, 3.05) is 23.7 Å². The molecule has 1 aliphatic rings. The SMILES string of the molecule is COc1ccc(N2C(=O)[C@@H](C)CS2(=O)=O)cc1S(=O)(=O)NCCCc1ccccc1. The molecule has 0 aliphatic carbocycles. The van der Waals surface area contributed by atoms with Crippen LogP contribution in [0.1, 0.15) is 18.9 Å². The largest absolute Gasteiger partial charge is 0.495 e. The summed E-state index contributed by atoms with van der Waals surface area (Å²) >= 11 is 0. The summed E-state index contributed by atoms with van der Waals surface area (Å²) in [5, 5.41) is 0. The van der Waals surface area contributed by atoms with E-state index in [0.29, 0.717) is 17.1 Å². The molecule has 0 spiro atoms. The average molecular weight is 453 g/mol. The molecule has 30 heavy (non-hydrogen) atoms. The number of nitrogens with zero attached hydrogens (tertiary/aromatic N) is 1. The summed E-state index contributed by atoms with van der Waals surface area (Å²) < 4.78 is 58.8. The molecule has 0 unspecified atom stereocenters. The molecule has 10 heteroatoms. The lowest BCUT2D eigenvalue weighted by Gasteiger charge is -2.18. The van der Waals surface area contributed by atoms with E-state index < -0.39 is 31.9 Å². The molecule has 2 aromatic rings. The van der Waals surface area contributed by atoms with Crippen LogP contribution in [0.15, 0.2) is 53.4 Å². The van der Waals surface area contributed by atoms with E-state index in [1.807, 2.05) is 30.3 Å². The zero-order valence-corrected chi connectivity index (χ0v) is 18.4. The minimum Gasteiger partial charge on any atom is -0.495 e. The van der Waals surface area contributed by atoms with Crippen LogP contribution in [-0.2, 0) is 31.3 Å².